The lowest BCUT2D eigenvalue weighted by molar-refractivity contribution is -0.122. The zero-order valence-corrected chi connectivity index (χ0v) is 12.3. The first kappa shape index (κ1) is 16.2. The van der Waals surface area contributed by atoms with E-state index in [1.165, 1.54) is 0 Å². The van der Waals surface area contributed by atoms with Gasteiger partial charge in [0.05, 0.1) is 6.04 Å². The number of amides is 2. The zero-order valence-electron chi connectivity index (χ0n) is 12.3. The summed E-state index contributed by atoms with van der Waals surface area (Å²) in [4.78, 5) is 23.2. The molecular weight excluding hydrogens is 254 g/mol. The van der Waals surface area contributed by atoms with Gasteiger partial charge in [-0.2, -0.15) is 0 Å². The molecular formula is C15H23N3O2. The van der Waals surface area contributed by atoms with E-state index in [4.69, 9.17) is 5.73 Å². The van der Waals surface area contributed by atoms with Gasteiger partial charge in [-0.15, -0.1) is 0 Å². The maximum absolute atomic E-state index is 11.8. The Morgan fingerprint density at radius 2 is 1.80 bits per heavy atom. The van der Waals surface area contributed by atoms with E-state index in [2.05, 4.69) is 10.6 Å². The molecule has 2 amide bonds. The average molecular weight is 277 g/mol. The fraction of sp³-hybridized carbons (Fsp3) is 0.467. The van der Waals surface area contributed by atoms with E-state index in [0.29, 0.717) is 24.4 Å². The minimum atomic E-state index is -0.472. The van der Waals surface area contributed by atoms with Gasteiger partial charge in [-0.05, 0) is 30.0 Å². The van der Waals surface area contributed by atoms with Crippen LogP contribution in [0.1, 0.15) is 36.2 Å². The Hall–Kier alpha value is -1.88. The van der Waals surface area contributed by atoms with Crippen molar-refractivity contribution in [2.45, 2.75) is 32.9 Å². The number of hydrogen-bond donors (Lipinski definition) is 3. The van der Waals surface area contributed by atoms with E-state index in [0.717, 1.165) is 5.56 Å². The number of benzene rings is 1. The van der Waals surface area contributed by atoms with Crippen LogP contribution in [0.4, 0.5) is 0 Å². The van der Waals surface area contributed by atoms with Crippen molar-refractivity contribution in [1.29, 1.82) is 0 Å². The standard InChI is InChI=1S/C15H23N3O2/c1-10(2)8-13(16)15(20)18-9-11-4-6-12(7-5-11)14(19)17-3/h4-7,10,13H,8-9,16H2,1-3H3,(H,17,19)(H,18,20). The highest BCUT2D eigenvalue weighted by Gasteiger charge is 2.14. The van der Waals surface area contributed by atoms with Gasteiger partial charge in [-0.25, -0.2) is 0 Å². The number of nitrogens with one attached hydrogen (secondary N) is 2. The molecule has 1 atom stereocenters. The lowest BCUT2D eigenvalue weighted by Gasteiger charge is -2.14. The molecule has 4 N–H and O–H groups in total. The number of carbonyl (C=O) groups is 2. The van der Waals surface area contributed by atoms with Crippen molar-refractivity contribution >= 4 is 11.8 Å². The van der Waals surface area contributed by atoms with Gasteiger partial charge < -0.3 is 16.4 Å². The first-order valence-electron chi connectivity index (χ1n) is 6.78. The van der Waals surface area contributed by atoms with Crippen molar-refractivity contribution in [3.05, 3.63) is 35.4 Å². The molecule has 5 heteroatoms. The van der Waals surface area contributed by atoms with Gasteiger partial charge in [-0.1, -0.05) is 26.0 Å². The highest BCUT2D eigenvalue weighted by molar-refractivity contribution is 5.93. The molecule has 1 aromatic rings. The van der Waals surface area contributed by atoms with Crippen LogP contribution >= 0.6 is 0 Å². The van der Waals surface area contributed by atoms with Crippen LogP contribution in [0, 0.1) is 5.92 Å². The third-order valence-electron chi connectivity index (χ3n) is 2.97. The molecule has 1 unspecified atom stereocenters. The van der Waals surface area contributed by atoms with Crippen LogP contribution in [0.3, 0.4) is 0 Å². The second-order valence-electron chi connectivity index (χ2n) is 5.23. The van der Waals surface area contributed by atoms with Crippen molar-refractivity contribution in [3.8, 4) is 0 Å². The van der Waals surface area contributed by atoms with Crippen LogP contribution < -0.4 is 16.4 Å². The van der Waals surface area contributed by atoms with E-state index >= 15 is 0 Å². The van der Waals surface area contributed by atoms with Crippen LogP contribution in [0.25, 0.3) is 0 Å². The summed E-state index contributed by atoms with van der Waals surface area (Å²) in [5, 5.41) is 5.36. The van der Waals surface area contributed by atoms with Crippen molar-refractivity contribution in [3.63, 3.8) is 0 Å². The normalized spacial score (nSPS) is 12.1. The molecule has 5 nitrogen and oxygen atoms in total. The predicted octanol–water partition coefficient (Wildman–Crippen LogP) is 1.04. The molecule has 0 aliphatic heterocycles. The molecule has 0 bridgehead atoms. The SMILES string of the molecule is CNC(=O)c1ccc(CNC(=O)C(N)CC(C)C)cc1. The van der Waals surface area contributed by atoms with Crippen LogP contribution in [-0.2, 0) is 11.3 Å². The number of hydrogen-bond acceptors (Lipinski definition) is 3. The van der Waals surface area contributed by atoms with Crippen LogP contribution in [0.2, 0.25) is 0 Å². The van der Waals surface area contributed by atoms with E-state index in [9.17, 15) is 9.59 Å². The summed E-state index contributed by atoms with van der Waals surface area (Å²) in [5.41, 5.74) is 7.33. The molecule has 20 heavy (non-hydrogen) atoms. The van der Waals surface area contributed by atoms with Gasteiger partial charge >= 0.3 is 0 Å². The Morgan fingerprint density at radius 1 is 1.20 bits per heavy atom. The van der Waals surface area contributed by atoms with E-state index in [-0.39, 0.29) is 11.8 Å². The highest BCUT2D eigenvalue weighted by Crippen LogP contribution is 2.05. The van der Waals surface area contributed by atoms with Crippen molar-refractivity contribution in [2.24, 2.45) is 11.7 Å². The Morgan fingerprint density at radius 3 is 2.30 bits per heavy atom. The van der Waals surface area contributed by atoms with Gasteiger partial charge in [-0.3, -0.25) is 9.59 Å². The molecule has 0 spiro atoms. The molecule has 0 radical (unpaired) electrons. The topological polar surface area (TPSA) is 84.2 Å². The predicted molar refractivity (Wildman–Crippen MR) is 79.1 cm³/mol. The molecule has 110 valence electrons. The summed E-state index contributed by atoms with van der Waals surface area (Å²) in [7, 11) is 1.59. The Bertz CT molecular complexity index is 455. The fourth-order valence-corrected chi connectivity index (χ4v) is 1.85. The van der Waals surface area contributed by atoms with E-state index in [1.807, 2.05) is 26.0 Å². The molecule has 0 aliphatic carbocycles. The molecule has 0 heterocycles. The lowest BCUT2D eigenvalue weighted by Crippen LogP contribution is -2.41. The quantitative estimate of drug-likeness (QED) is 0.726. The minimum Gasteiger partial charge on any atom is -0.355 e. The summed E-state index contributed by atoms with van der Waals surface area (Å²) in [6.45, 7) is 4.48. The van der Waals surface area contributed by atoms with Crippen LogP contribution in [-0.4, -0.2) is 24.9 Å². The highest BCUT2D eigenvalue weighted by atomic mass is 16.2. The summed E-state index contributed by atoms with van der Waals surface area (Å²) in [5.74, 6) is 0.121. The molecule has 0 saturated carbocycles. The molecule has 0 saturated heterocycles. The van der Waals surface area contributed by atoms with Gasteiger partial charge in [0, 0.05) is 19.2 Å². The number of rotatable bonds is 6. The summed E-state index contributed by atoms with van der Waals surface area (Å²) < 4.78 is 0. The second kappa shape index (κ2) is 7.65. The Kier molecular flexibility index (Phi) is 6.18. The second-order valence-corrected chi connectivity index (χ2v) is 5.23. The third-order valence-corrected chi connectivity index (χ3v) is 2.97. The number of nitrogens with two attached hydrogens (primary N) is 1. The maximum atomic E-state index is 11.8. The van der Waals surface area contributed by atoms with Gasteiger partial charge in [0.15, 0.2) is 0 Å². The average Bonchev–Trinajstić information content (AvgIpc) is 2.43. The fourth-order valence-electron chi connectivity index (χ4n) is 1.85. The monoisotopic (exact) mass is 277 g/mol. The molecule has 1 rings (SSSR count). The Labute approximate surface area is 119 Å². The summed E-state index contributed by atoms with van der Waals surface area (Å²) >= 11 is 0. The Balaban J connectivity index is 2.49. The van der Waals surface area contributed by atoms with E-state index < -0.39 is 6.04 Å². The summed E-state index contributed by atoms with van der Waals surface area (Å²) in [6, 6.07) is 6.63. The zero-order chi connectivity index (χ0) is 15.1. The molecule has 0 aliphatic rings. The smallest absolute Gasteiger partial charge is 0.251 e. The largest absolute Gasteiger partial charge is 0.355 e. The third kappa shape index (κ3) is 5.01. The van der Waals surface area contributed by atoms with Crippen molar-refractivity contribution in [2.75, 3.05) is 7.05 Å². The molecule has 1 aromatic carbocycles. The number of carbonyl (C=O) groups excluding carboxylic acids is 2. The first-order chi connectivity index (χ1) is 9.43. The van der Waals surface area contributed by atoms with Gasteiger partial charge in [0.1, 0.15) is 0 Å². The van der Waals surface area contributed by atoms with Gasteiger partial charge in [0.25, 0.3) is 5.91 Å². The van der Waals surface area contributed by atoms with Crippen LogP contribution in [0.5, 0.6) is 0 Å². The van der Waals surface area contributed by atoms with Crippen molar-refractivity contribution in [1.82, 2.24) is 10.6 Å². The molecule has 0 fully saturated rings. The lowest BCUT2D eigenvalue weighted by atomic mass is 10.0. The first-order valence-corrected chi connectivity index (χ1v) is 6.78. The minimum absolute atomic E-state index is 0.125. The van der Waals surface area contributed by atoms with Crippen molar-refractivity contribution < 1.29 is 9.59 Å². The van der Waals surface area contributed by atoms with Crippen LogP contribution in [0.15, 0.2) is 24.3 Å². The van der Waals surface area contributed by atoms with Gasteiger partial charge in [0.2, 0.25) is 5.91 Å². The summed E-state index contributed by atoms with van der Waals surface area (Å²) in [6.07, 6.45) is 0.668. The molecule has 0 aromatic heterocycles. The maximum Gasteiger partial charge on any atom is 0.251 e. The van der Waals surface area contributed by atoms with E-state index in [1.54, 1.807) is 19.2 Å².